The molecule has 4 aromatic carbocycles. The zero-order valence-corrected chi connectivity index (χ0v) is 30.1. The molecule has 7 aromatic rings. The molecule has 14 nitrogen and oxygen atoms in total. The highest BCUT2D eigenvalue weighted by Crippen LogP contribution is 2.40. The van der Waals surface area contributed by atoms with E-state index in [0.717, 1.165) is 32.7 Å². The molecule has 2 aliphatic rings. The van der Waals surface area contributed by atoms with Crippen LogP contribution in [0.15, 0.2) is 72.8 Å². The number of benzene rings is 4. The highest BCUT2D eigenvalue weighted by atomic mass is 16.6. The van der Waals surface area contributed by atoms with Crippen LogP contribution in [-0.2, 0) is 10.8 Å². The van der Waals surface area contributed by atoms with Gasteiger partial charge in [-0.2, -0.15) is 0 Å². The molecule has 0 unspecified atom stereocenters. The summed E-state index contributed by atoms with van der Waals surface area (Å²) in [5, 5.41) is 26.9. The third kappa shape index (κ3) is 5.25. The Morgan fingerprint density at radius 3 is 1.15 bits per heavy atom. The van der Waals surface area contributed by atoms with Gasteiger partial charge in [-0.05, 0) is 46.2 Å². The van der Waals surface area contributed by atoms with Gasteiger partial charge in [0, 0.05) is 68.1 Å². The molecule has 3 aromatic heterocycles. The lowest BCUT2D eigenvalue weighted by atomic mass is 9.86. The van der Waals surface area contributed by atoms with Gasteiger partial charge in [-0.15, -0.1) is 0 Å². The number of nitro benzene ring substituents is 2. The summed E-state index contributed by atoms with van der Waals surface area (Å²) >= 11 is 0. The number of nitrogens with zero attached hydrogens (tertiary/aromatic N) is 8. The van der Waals surface area contributed by atoms with E-state index in [4.69, 9.17) is 29.9 Å². The van der Waals surface area contributed by atoms with E-state index in [1.807, 2.05) is 24.3 Å². The zero-order valence-electron chi connectivity index (χ0n) is 30.1. The number of hydrogen-bond acceptors (Lipinski definition) is 10. The van der Waals surface area contributed by atoms with E-state index in [0.29, 0.717) is 56.5 Å². The molecular weight excluding hydrogens is 685 g/mol. The standard InChI is InChI=1S/C40H32N10O4/c1-39(2,3)19-8-12-24-27(15-19)35-43-32(24)45-37-29-17-21(49(51)52)9-13-25(29)33(46-37)41-31-23-11-7-20(40(4,5)6)16-28(23)36(42-31)48-38-30-18-22(50(53)54)10-14-26(30)34(44-35)47-38/h7-18H,1-6H3,(H2,41,42,43,44,45,46,47,48). The van der Waals surface area contributed by atoms with E-state index in [2.05, 4.69) is 63.6 Å². The third-order valence-corrected chi connectivity index (χ3v) is 9.95. The summed E-state index contributed by atoms with van der Waals surface area (Å²) in [7, 11) is 0. The van der Waals surface area contributed by atoms with Crippen LogP contribution >= 0.6 is 0 Å². The van der Waals surface area contributed by atoms with Crippen LogP contribution in [0.4, 0.5) is 11.4 Å². The second-order valence-electron chi connectivity index (χ2n) is 15.6. The summed E-state index contributed by atoms with van der Waals surface area (Å²) in [6, 6.07) is 21.2. The quantitative estimate of drug-likeness (QED) is 0.128. The molecule has 0 amide bonds. The largest absolute Gasteiger partial charge is 0.324 e. The minimum atomic E-state index is -0.448. The summed E-state index contributed by atoms with van der Waals surface area (Å²) < 4.78 is 0. The van der Waals surface area contributed by atoms with Crippen LogP contribution in [0.5, 0.6) is 0 Å². The maximum atomic E-state index is 11.9. The molecule has 5 heterocycles. The number of aromatic nitrogens is 8. The van der Waals surface area contributed by atoms with Gasteiger partial charge in [0.2, 0.25) is 0 Å². The van der Waals surface area contributed by atoms with Gasteiger partial charge in [0.25, 0.3) is 11.4 Å². The Hall–Kier alpha value is -6.96. The molecule has 266 valence electrons. The molecule has 0 aliphatic carbocycles. The number of aromatic amines is 2. The monoisotopic (exact) mass is 716 g/mol. The summed E-state index contributed by atoms with van der Waals surface area (Å²) in [5.74, 6) is 1.12. The fourth-order valence-electron chi connectivity index (χ4n) is 6.93. The van der Waals surface area contributed by atoms with E-state index in [1.165, 1.54) is 24.3 Å². The van der Waals surface area contributed by atoms with E-state index < -0.39 is 9.85 Å². The first-order chi connectivity index (χ1) is 25.6. The van der Waals surface area contributed by atoms with E-state index in [1.54, 1.807) is 12.1 Å². The number of rotatable bonds is 2. The summed E-state index contributed by atoms with van der Waals surface area (Å²) in [6.07, 6.45) is 0. The second-order valence-corrected chi connectivity index (χ2v) is 15.6. The Labute approximate surface area is 306 Å². The lowest BCUT2D eigenvalue weighted by molar-refractivity contribution is -0.385. The average molecular weight is 717 g/mol. The highest BCUT2D eigenvalue weighted by Gasteiger charge is 2.26. The predicted octanol–water partition coefficient (Wildman–Crippen LogP) is 9.28. The minimum Gasteiger partial charge on any atom is -0.324 e. The number of non-ortho nitro benzene ring substituents is 2. The summed E-state index contributed by atoms with van der Waals surface area (Å²) in [6.45, 7) is 12.7. The zero-order chi connectivity index (χ0) is 37.8. The van der Waals surface area contributed by atoms with Crippen molar-refractivity contribution in [3.63, 3.8) is 0 Å². The highest BCUT2D eigenvalue weighted by molar-refractivity contribution is 6.07. The average Bonchev–Trinajstić information content (AvgIpc) is 3.85. The molecule has 0 saturated carbocycles. The van der Waals surface area contributed by atoms with Crippen LogP contribution < -0.4 is 0 Å². The normalized spacial score (nSPS) is 12.6. The van der Waals surface area contributed by atoms with E-state index in [-0.39, 0.29) is 33.9 Å². The van der Waals surface area contributed by atoms with Crippen molar-refractivity contribution in [2.45, 2.75) is 52.4 Å². The molecule has 54 heavy (non-hydrogen) atoms. The fraction of sp³-hybridized carbons (Fsp3) is 0.200. The Morgan fingerprint density at radius 1 is 0.444 bits per heavy atom. The number of H-pyrrole nitrogens is 2. The molecule has 0 spiro atoms. The van der Waals surface area contributed by atoms with Gasteiger partial charge < -0.3 is 9.97 Å². The number of hydrogen-bond donors (Lipinski definition) is 2. The Kier molecular flexibility index (Phi) is 6.87. The minimum absolute atomic E-state index is 0.1000. The van der Waals surface area contributed by atoms with Crippen molar-refractivity contribution in [3.05, 3.63) is 104 Å². The number of nitro groups is 2. The van der Waals surface area contributed by atoms with Gasteiger partial charge in [-0.3, -0.25) is 20.2 Å². The molecule has 0 saturated heterocycles. The molecular formula is C40H32N10O4. The maximum absolute atomic E-state index is 11.9. The predicted molar refractivity (Wildman–Crippen MR) is 207 cm³/mol. The first-order valence-electron chi connectivity index (χ1n) is 17.3. The van der Waals surface area contributed by atoms with Gasteiger partial charge in [0.05, 0.1) is 9.85 Å². The van der Waals surface area contributed by atoms with Crippen LogP contribution in [0.3, 0.4) is 0 Å². The number of nitrogens with one attached hydrogen (secondary N) is 2. The SMILES string of the molecule is CC(C)(C)c1ccc2c3nc4nc(nc5[nH]c(nc6nc(nc([nH]3)c2c1)-c1ccc([N+](=O)[O-])cc1-6)c1cc(C(C)(C)C)ccc51)-c1ccc([N+](=O)[O-])cc1-4. The lowest BCUT2D eigenvalue weighted by Crippen LogP contribution is -2.10. The lowest BCUT2D eigenvalue weighted by Gasteiger charge is -2.18. The maximum Gasteiger partial charge on any atom is 0.270 e. The third-order valence-electron chi connectivity index (χ3n) is 9.95. The van der Waals surface area contributed by atoms with Crippen molar-refractivity contribution in [2.75, 3.05) is 0 Å². The van der Waals surface area contributed by atoms with Gasteiger partial charge in [-0.1, -0.05) is 65.8 Å². The molecule has 9 rings (SSSR count). The smallest absolute Gasteiger partial charge is 0.270 e. The summed E-state index contributed by atoms with van der Waals surface area (Å²) in [5.41, 5.74) is 5.42. The van der Waals surface area contributed by atoms with Crippen LogP contribution in [0, 0.1) is 20.2 Å². The van der Waals surface area contributed by atoms with E-state index >= 15 is 0 Å². The molecule has 2 N–H and O–H groups in total. The fourth-order valence-corrected chi connectivity index (χ4v) is 6.93. The van der Waals surface area contributed by atoms with Crippen LogP contribution in [-0.4, -0.2) is 49.7 Å². The Balaban J connectivity index is 1.48. The Morgan fingerprint density at radius 2 is 0.796 bits per heavy atom. The first kappa shape index (κ1) is 32.9. The van der Waals surface area contributed by atoms with Crippen molar-refractivity contribution < 1.29 is 9.85 Å². The molecule has 2 aliphatic heterocycles. The molecule has 0 radical (unpaired) electrons. The van der Waals surface area contributed by atoms with Crippen molar-refractivity contribution in [1.29, 1.82) is 0 Å². The van der Waals surface area contributed by atoms with Gasteiger partial charge >= 0.3 is 0 Å². The van der Waals surface area contributed by atoms with Crippen molar-refractivity contribution in [1.82, 2.24) is 39.9 Å². The first-order valence-corrected chi connectivity index (χ1v) is 17.3. The molecule has 14 heteroatoms. The van der Waals surface area contributed by atoms with Gasteiger partial charge in [-0.25, -0.2) is 29.9 Å². The van der Waals surface area contributed by atoms with Crippen LogP contribution in [0.1, 0.15) is 52.7 Å². The topological polar surface area (TPSA) is 195 Å². The van der Waals surface area contributed by atoms with Crippen molar-refractivity contribution >= 4 is 55.5 Å². The van der Waals surface area contributed by atoms with Gasteiger partial charge in [0.1, 0.15) is 22.6 Å². The van der Waals surface area contributed by atoms with Crippen molar-refractivity contribution in [3.8, 4) is 45.6 Å². The van der Waals surface area contributed by atoms with Crippen LogP contribution in [0.2, 0.25) is 0 Å². The second kappa shape index (κ2) is 11.3. The summed E-state index contributed by atoms with van der Waals surface area (Å²) in [4.78, 5) is 59.5. The van der Waals surface area contributed by atoms with Crippen LogP contribution in [0.25, 0.3) is 89.7 Å². The molecule has 0 atom stereocenters. The Bertz CT molecular complexity index is 2990. The van der Waals surface area contributed by atoms with Crippen molar-refractivity contribution in [2.24, 2.45) is 0 Å². The van der Waals surface area contributed by atoms with Gasteiger partial charge in [0.15, 0.2) is 23.3 Å². The number of fused-ring (bicyclic) bond motifs is 20. The van der Waals surface area contributed by atoms with E-state index in [9.17, 15) is 20.2 Å². The molecule has 0 fully saturated rings. The molecule has 8 bridgehead atoms.